The highest BCUT2D eigenvalue weighted by atomic mass is 35.5. The third-order valence-electron chi connectivity index (χ3n) is 4.28. The Morgan fingerprint density at radius 1 is 1.10 bits per heavy atom. The lowest BCUT2D eigenvalue weighted by molar-refractivity contribution is -0.135. The molecular formula is C19H9Cl2F3N4O. The molecule has 2 heterocycles. The molecule has 0 radical (unpaired) electrons. The molecule has 0 saturated heterocycles. The molecule has 0 aliphatic heterocycles. The second-order valence-electron chi connectivity index (χ2n) is 6.09. The molecule has 0 aliphatic rings. The predicted molar refractivity (Wildman–Crippen MR) is 102 cm³/mol. The number of benzene rings is 2. The van der Waals surface area contributed by atoms with Crippen LogP contribution < -0.4 is 0 Å². The van der Waals surface area contributed by atoms with E-state index in [0.29, 0.717) is 21.1 Å². The molecule has 0 fully saturated rings. The first-order valence-corrected chi connectivity index (χ1v) is 8.88. The molecular weight excluding hydrogens is 428 g/mol. The molecule has 0 amide bonds. The maximum atomic E-state index is 13.4. The molecule has 10 heteroatoms. The third-order valence-corrected chi connectivity index (χ3v) is 5.02. The van der Waals surface area contributed by atoms with E-state index in [1.165, 1.54) is 18.3 Å². The summed E-state index contributed by atoms with van der Waals surface area (Å²) in [6.45, 7) is 7.09. The van der Waals surface area contributed by atoms with Crippen LogP contribution in [0.1, 0.15) is 11.4 Å². The Hall–Kier alpha value is -3.02. The van der Waals surface area contributed by atoms with Gasteiger partial charge in [0.25, 0.3) is 5.89 Å². The van der Waals surface area contributed by atoms with E-state index < -0.39 is 17.4 Å². The number of alkyl halides is 3. The molecule has 0 unspecified atom stereocenters. The van der Waals surface area contributed by atoms with Crippen molar-refractivity contribution in [3.63, 3.8) is 0 Å². The minimum absolute atomic E-state index is 0.0563. The van der Waals surface area contributed by atoms with Gasteiger partial charge in [-0.25, -0.2) is 4.85 Å². The zero-order valence-corrected chi connectivity index (χ0v) is 15.8. The van der Waals surface area contributed by atoms with Gasteiger partial charge in [0, 0.05) is 22.7 Å². The molecule has 2 aromatic heterocycles. The molecule has 0 N–H and O–H groups in total. The molecule has 0 bridgehead atoms. The van der Waals surface area contributed by atoms with E-state index in [0.717, 1.165) is 6.07 Å². The Kier molecular flexibility index (Phi) is 4.73. The van der Waals surface area contributed by atoms with Crippen molar-refractivity contribution in [1.29, 1.82) is 0 Å². The first-order valence-electron chi connectivity index (χ1n) is 8.12. The Balaban J connectivity index is 1.70. The van der Waals surface area contributed by atoms with Crippen molar-refractivity contribution >= 4 is 39.8 Å². The first-order chi connectivity index (χ1) is 13.8. The summed E-state index contributed by atoms with van der Waals surface area (Å²) in [7, 11) is 0. The number of halogens is 5. The van der Waals surface area contributed by atoms with Gasteiger partial charge in [-0.2, -0.15) is 18.2 Å². The summed E-state index contributed by atoms with van der Waals surface area (Å²) in [5.41, 5.74) is -0.514. The highest BCUT2D eigenvalue weighted by molar-refractivity contribution is 6.42. The standard InChI is InChI=1S/C19H9Cl2F3N4O/c1-25-14-4-5-15-11(17(14)19(22,23)24)6-7-28(15)9-16-26-18(29-27-16)10-2-3-12(20)13(21)8-10/h2-8H,9H2. The summed E-state index contributed by atoms with van der Waals surface area (Å²) in [6.07, 6.45) is -3.15. The van der Waals surface area contributed by atoms with Gasteiger partial charge in [0.2, 0.25) is 0 Å². The minimum Gasteiger partial charge on any atom is -0.340 e. The van der Waals surface area contributed by atoms with Crippen LogP contribution in [0.2, 0.25) is 10.0 Å². The quantitative estimate of drug-likeness (QED) is 0.339. The van der Waals surface area contributed by atoms with E-state index in [-0.39, 0.29) is 23.6 Å². The SMILES string of the molecule is [C-]#[N+]c1ccc2c(ccn2Cc2noc(-c3ccc(Cl)c(Cl)c3)n2)c1C(F)(F)F. The smallest absolute Gasteiger partial charge is 0.340 e. The molecule has 4 aromatic rings. The van der Waals surface area contributed by atoms with E-state index in [1.54, 1.807) is 22.8 Å². The normalized spacial score (nSPS) is 11.7. The molecule has 0 atom stereocenters. The van der Waals surface area contributed by atoms with Crippen molar-refractivity contribution in [3.8, 4) is 11.5 Å². The third kappa shape index (κ3) is 3.55. The van der Waals surface area contributed by atoms with E-state index >= 15 is 0 Å². The average molecular weight is 437 g/mol. The monoisotopic (exact) mass is 436 g/mol. The summed E-state index contributed by atoms with van der Waals surface area (Å²) in [6, 6.07) is 8.79. The highest BCUT2D eigenvalue weighted by Crippen LogP contribution is 2.41. The highest BCUT2D eigenvalue weighted by Gasteiger charge is 2.36. The van der Waals surface area contributed by atoms with Crippen LogP contribution in [-0.4, -0.2) is 14.7 Å². The summed E-state index contributed by atoms with van der Waals surface area (Å²) < 4.78 is 47.1. The lowest BCUT2D eigenvalue weighted by Gasteiger charge is -2.11. The van der Waals surface area contributed by atoms with Crippen molar-refractivity contribution in [1.82, 2.24) is 14.7 Å². The molecule has 0 saturated carbocycles. The zero-order chi connectivity index (χ0) is 20.8. The fraction of sp³-hybridized carbons (Fsp3) is 0.105. The van der Waals surface area contributed by atoms with Crippen LogP contribution in [0.3, 0.4) is 0 Å². The van der Waals surface area contributed by atoms with Crippen molar-refractivity contribution in [2.75, 3.05) is 0 Å². The Morgan fingerprint density at radius 3 is 2.59 bits per heavy atom. The van der Waals surface area contributed by atoms with E-state index in [4.69, 9.17) is 34.3 Å². The van der Waals surface area contributed by atoms with Gasteiger partial charge in [-0.1, -0.05) is 34.4 Å². The van der Waals surface area contributed by atoms with Gasteiger partial charge in [-0.3, -0.25) is 0 Å². The van der Waals surface area contributed by atoms with E-state index in [2.05, 4.69) is 15.0 Å². The maximum Gasteiger partial charge on any atom is 0.408 e. The number of fused-ring (bicyclic) bond motifs is 1. The number of rotatable bonds is 3. The lowest BCUT2D eigenvalue weighted by atomic mass is 10.1. The second kappa shape index (κ2) is 7.10. The van der Waals surface area contributed by atoms with Gasteiger partial charge >= 0.3 is 6.18 Å². The van der Waals surface area contributed by atoms with E-state index in [9.17, 15) is 13.2 Å². The van der Waals surface area contributed by atoms with Crippen molar-refractivity contribution < 1.29 is 17.7 Å². The molecule has 0 aliphatic carbocycles. The largest absolute Gasteiger partial charge is 0.408 e. The van der Waals surface area contributed by atoms with Crippen LogP contribution in [0.25, 0.3) is 27.2 Å². The minimum atomic E-state index is -4.64. The number of hydrogen-bond acceptors (Lipinski definition) is 3. The van der Waals surface area contributed by atoms with Crippen LogP contribution in [0.5, 0.6) is 0 Å². The van der Waals surface area contributed by atoms with Gasteiger partial charge in [-0.15, -0.1) is 0 Å². The summed E-state index contributed by atoms with van der Waals surface area (Å²) in [5, 5.41) is 4.53. The molecule has 146 valence electrons. The first kappa shape index (κ1) is 19.3. The molecule has 2 aromatic carbocycles. The van der Waals surface area contributed by atoms with Crippen LogP contribution in [0, 0.1) is 6.57 Å². The second-order valence-corrected chi connectivity index (χ2v) is 6.90. The Labute approximate surface area is 172 Å². The molecule has 0 spiro atoms. The van der Waals surface area contributed by atoms with Gasteiger partial charge < -0.3 is 9.09 Å². The molecule has 29 heavy (non-hydrogen) atoms. The number of aromatic nitrogens is 3. The zero-order valence-electron chi connectivity index (χ0n) is 14.3. The van der Waals surface area contributed by atoms with Crippen LogP contribution >= 0.6 is 23.2 Å². The van der Waals surface area contributed by atoms with Gasteiger partial charge in [0.05, 0.1) is 28.7 Å². The van der Waals surface area contributed by atoms with Crippen molar-refractivity contribution in [3.05, 3.63) is 75.4 Å². The fourth-order valence-electron chi connectivity index (χ4n) is 3.01. The molecule has 4 rings (SSSR count). The van der Waals surface area contributed by atoms with Gasteiger partial charge in [-0.05, 0) is 30.3 Å². The van der Waals surface area contributed by atoms with Crippen LogP contribution in [0.4, 0.5) is 18.9 Å². The number of hydrogen-bond donors (Lipinski definition) is 0. The topological polar surface area (TPSA) is 48.2 Å². The predicted octanol–water partition coefficient (Wildman–Crippen LogP) is 6.62. The Morgan fingerprint density at radius 2 is 1.90 bits per heavy atom. The number of nitrogens with zero attached hydrogens (tertiary/aromatic N) is 4. The summed E-state index contributed by atoms with van der Waals surface area (Å²) in [4.78, 5) is 7.26. The fourth-order valence-corrected chi connectivity index (χ4v) is 3.31. The maximum absolute atomic E-state index is 13.4. The van der Waals surface area contributed by atoms with Gasteiger partial charge in [0.1, 0.15) is 0 Å². The lowest BCUT2D eigenvalue weighted by Crippen LogP contribution is -2.06. The Bertz CT molecular complexity index is 1270. The molecule has 5 nitrogen and oxygen atoms in total. The van der Waals surface area contributed by atoms with Crippen LogP contribution in [-0.2, 0) is 12.7 Å². The van der Waals surface area contributed by atoms with Crippen LogP contribution in [0.15, 0.2) is 47.1 Å². The van der Waals surface area contributed by atoms with Crippen molar-refractivity contribution in [2.45, 2.75) is 12.7 Å². The van der Waals surface area contributed by atoms with Gasteiger partial charge in [0.15, 0.2) is 11.5 Å². The van der Waals surface area contributed by atoms with E-state index in [1.807, 2.05) is 0 Å². The summed E-state index contributed by atoms with van der Waals surface area (Å²) in [5.74, 6) is 0.479. The summed E-state index contributed by atoms with van der Waals surface area (Å²) >= 11 is 11.9. The van der Waals surface area contributed by atoms with Crippen molar-refractivity contribution in [2.24, 2.45) is 0 Å². The average Bonchev–Trinajstić information content (AvgIpc) is 3.30.